The molecule has 0 saturated carbocycles. The van der Waals surface area contributed by atoms with E-state index < -0.39 is 17.7 Å². The Morgan fingerprint density at radius 3 is 2.53 bits per heavy atom. The van der Waals surface area contributed by atoms with Crippen LogP contribution in [0.2, 0.25) is 0 Å². The van der Waals surface area contributed by atoms with E-state index in [1.807, 2.05) is 30.3 Å². The van der Waals surface area contributed by atoms with E-state index in [9.17, 15) is 14.7 Å². The van der Waals surface area contributed by atoms with Gasteiger partial charge in [0.05, 0.1) is 11.6 Å². The lowest BCUT2D eigenvalue weighted by molar-refractivity contribution is -0.140. The van der Waals surface area contributed by atoms with Gasteiger partial charge in [0, 0.05) is 24.5 Å². The molecule has 0 aliphatic carbocycles. The number of hydrogen-bond acceptors (Lipinski definition) is 6. The number of Topliss-reactive ketones (excluding diaryl/α,β-unsaturated/α-hetero) is 1. The number of carbonyl (C=O) groups is 2. The van der Waals surface area contributed by atoms with Gasteiger partial charge >= 0.3 is 0 Å². The van der Waals surface area contributed by atoms with E-state index in [-0.39, 0.29) is 17.9 Å². The van der Waals surface area contributed by atoms with Gasteiger partial charge in [0.1, 0.15) is 19.0 Å². The maximum absolute atomic E-state index is 13.1. The van der Waals surface area contributed by atoms with Gasteiger partial charge in [0.15, 0.2) is 11.5 Å². The Morgan fingerprint density at radius 2 is 1.78 bits per heavy atom. The fourth-order valence-corrected chi connectivity index (χ4v) is 4.05. The first-order chi connectivity index (χ1) is 15.6. The number of aliphatic hydroxyl groups is 1. The average Bonchev–Trinajstić information content (AvgIpc) is 3.09. The molecule has 160 valence electrons. The minimum Gasteiger partial charge on any atom is -0.507 e. The Balaban J connectivity index is 1.62. The van der Waals surface area contributed by atoms with Crippen molar-refractivity contribution in [2.75, 3.05) is 13.2 Å². The van der Waals surface area contributed by atoms with Gasteiger partial charge in [0.2, 0.25) is 0 Å². The van der Waals surface area contributed by atoms with Crippen LogP contribution >= 0.6 is 0 Å². The van der Waals surface area contributed by atoms with Gasteiger partial charge < -0.3 is 19.5 Å². The number of rotatable bonds is 4. The van der Waals surface area contributed by atoms with Crippen molar-refractivity contribution in [2.24, 2.45) is 0 Å². The second kappa shape index (κ2) is 8.19. The van der Waals surface area contributed by atoms with Crippen LogP contribution < -0.4 is 9.47 Å². The monoisotopic (exact) mass is 428 g/mol. The fourth-order valence-electron chi connectivity index (χ4n) is 4.05. The number of hydrogen-bond donors (Lipinski definition) is 1. The third-order valence-corrected chi connectivity index (χ3v) is 5.55. The Morgan fingerprint density at radius 1 is 1.00 bits per heavy atom. The molecule has 1 fully saturated rings. The number of fused-ring (bicyclic) bond motifs is 1. The Hall–Kier alpha value is -4.13. The quantitative estimate of drug-likeness (QED) is 0.389. The molecule has 5 rings (SSSR count). The van der Waals surface area contributed by atoms with E-state index in [0.29, 0.717) is 35.8 Å². The van der Waals surface area contributed by atoms with Gasteiger partial charge in [-0.1, -0.05) is 36.4 Å². The van der Waals surface area contributed by atoms with Crippen LogP contribution in [-0.4, -0.2) is 39.9 Å². The predicted octanol–water partition coefficient (Wildman–Crippen LogP) is 3.47. The summed E-state index contributed by atoms with van der Waals surface area (Å²) in [6.45, 7) is 1.07. The molecular formula is C25H20N2O5. The van der Waals surface area contributed by atoms with E-state index in [1.54, 1.807) is 42.7 Å². The second-order valence-electron chi connectivity index (χ2n) is 7.56. The molecule has 1 saturated heterocycles. The number of aromatic nitrogens is 1. The molecule has 1 N–H and O–H groups in total. The third kappa shape index (κ3) is 3.47. The molecule has 7 heteroatoms. The summed E-state index contributed by atoms with van der Waals surface area (Å²) in [6.07, 6.45) is 3.22. The van der Waals surface area contributed by atoms with Crippen molar-refractivity contribution in [3.63, 3.8) is 0 Å². The van der Waals surface area contributed by atoms with Gasteiger partial charge in [-0.05, 0) is 35.4 Å². The Kier molecular flexibility index (Phi) is 5.07. The largest absolute Gasteiger partial charge is 0.507 e. The van der Waals surface area contributed by atoms with Gasteiger partial charge in [-0.2, -0.15) is 0 Å². The number of carbonyl (C=O) groups excluding carboxylic acids is 2. The van der Waals surface area contributed by atoms with E-state index in [1.165, 1.54) is 4.90 Å². The third-order valence-electron chi connectivity index (χ3n) is 5.55. The molecule has 3 heterocycles. The molecule has 0 bridgehead atoms. The zero-order chi connectivity index (χ0) is 22.1. The summed E-state index contributed by atoms with van der Waals surface area (Å²) in [5.74, 6) is -0.605. The van der Waals surface area contributed by atoms with Gasteiger partial charge in [-0.3, -0.25) is 14.6 Å². The van der Waals surface area contributed by atoms with Crippen molar-refractivity contribution >= 4 is 17.4 Å². The molecule has 1 aromatic heterocycles. The number of likely N-dealkylation sites (tertiary alicyclic amines) is 1. The molecule has 0 radical (unpaired) electrons. The van der Waals surface area contributed by atoms with Crippen LogP contribution in [0.5, 0.6) is 11.5 Å². The number of nitrogens with zero attached hydrogens (tertiary/aromatic N) is 2. The highest BCUT2D eigenvalue weighted by Crippen LogP contribution is 2.41. The van der Waals surface area contributed by atoms with Crippen LogP contribution in [0.4, 0.5) is 0 Å². The summed E-state index contributed by atoms with van der Waals surface area (Å²) in [7, 11) is 0. The molecule has 3 aromatic rings. The van der Waals surface area contributed by atoms with Crippen molar-refractivity contribution < 1.29 is 24.2 Å². The Bertz CT molecular complexity index is 1210. The highest BCUT2D eigenvalue weighted by atomic mass is 16.6. The van der Waals surface area contributed by atoms with Crippen molar-refractivity contribution in [2.45, 2.75) is 12.6 Å². The molecule has 1 amide bonds. The molecule has 7 nitrogen and oxygen atoms in total. The lowest BCUT2D eigenvalue weighted by Crippen LogP contribution is -2.29. The van der Waals surface area contributed by atoms with Crippen molar-refractivity contribution in [3.8, 4) is 11.5 Å². The lowest BCUT2D eigenvalue weighted by Gasteiger charge is -2.25. The molecule has 1 unspecified atom stereocenters. The normalized spacial score (nSPS) is 19.2. The minimum atomic E-state index is -0.767. The maximum atomic E-state index is 13.1. The molecular weight excluding hydrogens is 408 g/mol. The van der Waals surface area contributed by atoms with Crippen LogP contribution in [0, 0.1) is 0 Å². The second-order valence-corrected chi connectivity index (χ2v) is 7.56. The number of ketones is 1. The lowest BCUT2D eigenvalue weighted by atomic mass is 9.96. The van der Waals surface area contributed by atoms with E-state index in [4.69, 9.17) is 9.47 Å². The standard InChI is InChI=1S/C25H20N2O5/c28-23(17-8-9-19-20(13-17)32-12-11-31-19)21-22(18-7-4-10-26-14-18)27(25(30)24(21)29)15-16-5-2-1-3-6-16/h1-10,13-14,22,28H,11-12,15H2/b23-21-. The van der Waals surface area contributed by atoms with Crippen LogP contribution in [0.1, 0.15) is 22.7 Å². The summed E-state index contributed by atoms with van der Waals surface area (Å²) in [6, 6.07) is 17.1. The van der Waals surface area contributed by atoms with E-state index in [2.05, 4.69) is 4.98 Å². The van der Waals surface area contributed by atoms with Gasteiger partial charge in [-0.15, -0.1) is 0 Å². The number of ether oxygens (including phenoxy) is 2. The summed E-state index contributed by atoms with van der Waals surface area (Å²) in [5.41, 5.74) is 1.92. The number of amides is 1. The number of benzene rings is 2. The first-order valence-electron chi connectivity index (χ1n) is 10.3. The van der Waals surface area contributed by atoms with Crippen LogP contribution in [0.15, 0.2) is 78.6 Å². The summed E-state index contributed by atoms with van der Waals surface area (Å²) in [4.78, 5) is 31.8. The summed E-state index contributed by atoms with van der Waals surface area (Å²) >= 11 is 0. The summed E-state index contributed by atoms with van der Waals surface area (Å²) in [5, 5.41) is 11.2. The minimum absolute atomic E-state index is 0.0237. The van der Waals surface area contributed by atoms with Crippen LogP contribution in [-0.2, 0) is 16.1 Å². The van der Waals surface area contributed by atoms with Crippen molar-refractivity contribution in [1.82, 2.24) is 9.88 Å². The Labute approximate surface area is 184 Å². The van der Waals surface area contributed by atoms with Gasteiger partial charge in [0.25, 0.3) is 11.7 Å². The number of aliphatic hydroxyl groups excluding tert-OH is 1. The zero-order valence-corrected chi connectivity index (χ0v) is 17.1. The van der Waals surface area contributed by atoms with Crippen molar-refractivity contribution in [1.29, 1.82) is 0 Å². The van der Waals surface area contributed by atoms with E-state index >= 15 is 0 Å². The molecule has 2 aliphatic rings. The maximum Gasteiger partial charge on any atom is 0.295 e. The van der Waals surface area contributed by atoms with Crippen LogP contribution in [0.25, 0.3) is 5.76 Å². The van der Waals surface area contributed by atoms with E-state index in [0.717, 1.165) is 5.56 Å². The highest BCUT2D eigenvalue weighted by molar-refractivity contribution is 6.46. The number of pyridine rings is 1. The zero-order valence-electron chi connectivity index (χ0n) is 17.1. The van der Waals surface area contributed by atoms with Crippen molar-refractivity contribution in [3.05, 3.63) is 95.3 Å². The SMILES string of the molecule is O=C1C(=O)N(Cc2ccccc2)C(c2cccnc2)/C1=C(/O)c1ccc2c(c1)OCCO2. The average molecular weight is 428 g/mol. The summed E-state index contributed by atoms with van der Waals surface area (Å²) < 4.78 is 11.1. The molecule has 1 atom stereocenters. The molecule has 32 heavy (non-hydrogen) atoms. The molecule has 0 spiro atoms. The fraction of sp³-hybridized carbons (Fsp3) is 0.160. The highest BCUT2D eigenvalue weighted by Gasteiger charge is 2.46. The first-order valence-corrected chi connectivity index (χ1v) is 10.3. The van der Waals surface area contributed by atoms with Crippen LogP contribution in [0.3, 0.4) is 0 Å². The first kappa shape index (κ1) is 19.8. The topological polar surface area (TPSA) is 89.0 Å². The van der Waals surface area contributed by atoms with Gasteiger partial charge in [-0.25, -0.2) is 0 Å². The molecule has 2 aliphatic heterocycles. The predicted molar refractivity (Wildman–Crippen MR) is 116 cm³/mol. The molecule has 2 aromatic carbocycles. The smallest absolute Gasteiger partial charge is 0.295 e.